The van der Waals surface area contributed by atoms with Crippen LogP contribution < -0.4 is 11.5 Å². The van der Waals surface area contributed by atoms with Crippen LogP contribution in [0, 0.1) is 0 Å². The third-order valence-corrected chi connectivity index (χ3v) is 0.258. The third kappa shape index (κ3) is 131. The van der Waals surface area contributed by atoms with E-state index in [1.165, 1.54) is 0 Å². The van der Waals surface area contributed by atoms with Gasteiger partial charge in [-0.25, -0.2) is 0 Å². The molecule has 64 valence electrons. The highest BCUT2D eigenvalue weighted by Crippen LogP contribution is 1.33. The molecule has 0 aliphatic carbocycles. The van der Waals surface area contributed by atoms with Crippen molar-refractivity contribution in [2.24, 2.45) is 11.5 Å². The molecule has 0 radical (unpaired) electrons. The molecule has 0 heterocycles. The molecule has 0 amide bonds. The van der Waals surface area contributed by atoms with Crippen molar-refractivity contribution in [3.05, 3.63) is 13.2 Å². The van der Waals surface area contributed by atoms with E-state index in [9.17, 15) is 0 Å². The van der Waals surface area contributed by atoms with Crippen molar-refractivity contribution >= 4 is 0 Å². The molecule has 0 rings (SSSR count). The van der Waals surface area contributed by atoms with E-state index in [2.05, 4.69) is 13.2 Å². The smallest absolute Gasteiger partial charge is 0.0553 e. The number of aliphatic hydroxyl groups is 2. The van der Waals surface area contributed by atoms with Crippen molar-refractivity contribution in [3.63, 3.8) is 0 Å². The maximum absolute atomic E-state index is 7.75. The first-order valence-corrected chi connectivity index (χ1v) is 2.95. The molecular weight excluding hydrogens is 132 g/mol. The molecule has 0 unspecified atom stereocenters. The fraction of sp³-hybridized carbons (Fsp3) is 0.667. The second-order valence-electron chi connectivity index (χ2n) is 1.02. The molecule has 0 atom stereocenters. The lowest BCUT2D eigenvalue weighted by Gasteiger charge is -1.71. The Labute approximate surface area is 62.2 Å². The normalized spacial score (nSPS) is 6.40. The second-order valence-corrected chi connectivity index (χ2v) is 1.02. The molecule has 0 saturated carbocycles. The van der Waals surface area contributed by atoms with Crippen molar-refractivity contribution in [3.8, 4) is 0 Å². The van der Waals surface area contributed by atoms with Gasteiger partial charge >= 0.3 is 0 Å². The molecule has 0 fully saturated rings. The SMILES string of the molecule is C=C.NCCO.NCCO. The summed E-state index contributed by atoms with van der Waals surface area (Å²) in [5, 5.41) is 15.5. The van der Waals surface area contributed by atoms with Gasteiger partial charge in [0.25, 0.3) is 0 Å². The summed E-state index contributed by atoms with van der Waals surface area (Å²) in [7, 11) is 0. The fourth-order valence-corrected chi connectivity index (χ4v) is 0. The van der Waals surface area contributed by atoms with Gasteiger partial charge in [-0.3, -0.25) is 0 Å². The topological polar surface area (TPSA) is 92.5 Å². The minimum atomic E-state index is 0.0972. The summed E-state index contributed by atoms with van der Waals surface area (Å²) >= 11 is 0. The van der Waals surface area contributed by atoms with E-state index in [4.69, 9.17) is 21.7 Å². The first-order chi connectivity index (χ1) is 4.83. The molecule has 10 heavy (non-hydrogen) atoms. The number of hydrogen-bond donors (Lipinski definition) is 4. The molecule has 0 aromatic carbocycles. The first kappa shape index (κ1) is 16.3. The Balaban J connectivity index is -0.0000000787. The summed E-state index contributed by atoms with van der Waals surface area (Å²) in [6, 6.07) is 0. The lowest BCUT2D eigenvalue weighted by molar-refractivity contribution is 0.306. The highest BCUT2D eigenvalue weighted by molar-refractivity contribution is 4.22. The molecular formula is C6H18N2O2. The molecule has 0 aromatic rings. The van der Waals surface area contributed by atoms with Crippen LogP contribution in [-0.2, 0) is 0 Å². The van der Waals surface area contributed by atoms with Crippen LogP contribution in [0.25, 0.3) is 0 Å². The van der Waals surface area contributed by atoms with Crippen molar-refractivity contribution < 1.29 is 10.2 Å². The van der Waals surface area contributed by atoms with Crippen LogP contribution in [0.2, 0.25) is 0 Å². The fourth-order valence-electron chi connectivity index (χ4n) is 0. The maximum Gasteiger partial charge on any atom is 0.0553 e. The zero-order valence-electron chi connectivity index (χ0n) is 6.29. The summed E-state index contributed by atoms with van der Waals surface area (Å²) in [6.45, 7) is 6.94. The summed E-state index contributed by atoms with van der Waals surface area (Å²) in [4.78, 5) is 0. The summed E-state index contributed by atoms with van der Waals surface area (Å²) in [5.41, 5.74) is 9.56. The highest BCUT2D eigenvalue weighted by atomic mass is 16.3. The van der Waals surface area contributed by atoms with E-state index in [0.717, 1.165) is 0 Å². The Kier molecular flexibility index (Phi) is 62.7. The summed E-state index contributed by atoms with van der Waals surface area (Å²) < 4.78 is 0. The third-order valence-electron chi connectivity index (χ3n) is 0.258. The molecule has 0 aliphatic rings. The number of hydrogen-bond acceptors (Lipinski definition) is 4. The van der Waals surface area contributed by atoms with Crippen molar-refractivity contribution in [2.45, 2.75) is 0 Å². The van der Waals surface area contributed by atoms with Gasteiger partial charge in [-0.05, 0) is 0 Å². The average Bonchev–Trinajstić information content (AvgIpc) is 2.08. The van der Waals surface area contributed by atoms with Gasteiger partial charge in [0.1, 0.15) is 0 Å². The van der Waals surface area contributed by atoms with E-state index in [0.29, 0.717) is 13.1 Å². The quantitative estimate of drug-likeness (QED) is 0.367. The van der Waals surface area contributed by atoms with Gasteiger partial charge in [-0.1, -0.05) is 0 Å². The molecule has 0 aromatic heterocycles. The number of rotatable bonds is 2. The van der Waals surface area contributed by atoms with Crippen LogP contribution in [-0.4, -0.2) is 36.5 Å². The van der Waals surface area contributed by atoms with Crippen molar-refractivity contribution in [1.29, 1.82) is 0 Å². The average molecular weight is 150 g/mol. The number of nitrogens with two attached hydrogens (primary N) is 2. The molecule has 0 spiro atoms. The molecule has 0 saturated heterocycles. The molecule has 0 bridgehead atoms. The Morgan fingerprint density at radius 2 is 1.00 bits per heavy atom. The van der Waals surface area contributed by atoms with Gasteiger partial charge in [-0.15, -0.1) is 13.2 Å². The van der Waals surface area contributed by atoms with E-state index in [1.807, 2.05) is 0 Å². The summed E-state index contributed by atoms with van der Waals surface area (Å²) in [6.07, 6.45) is 0. The first-order valence-electron chi connectivity index (χ1n) is 2.95. The van der Waals surface area contributed by atoms with Gasteiger partial charge in [0, 0.05) is 13.1 Å². The maximum atomic E-state index is 7.75. The van der Waals surface area contributed by atoms with Gasteiger partial charge in [0.2, 0.25) is 0 Å². The predicted molar refractivity (Wildman–Crippen MR) is 43.5 cm³/mol. The lowest BCUT2D eigenvalue weighted by atomic mass is 10.8. The predicted octanol–water partition coefficient (Wildman–Crippen LogP) is -1.32. The Hall–Kier alpha value is -0.420. The van der Waals surface area contributed by atoms with E-state index >= 15 is 0 Å². The van der Waals surface area contributed by atoms with Gasteiger partial charge in [-0.2, -0.15) is 0 Å². The van der Waals surface area contributed by atoms with Crippen molar-refractivity contribution in [2.75, 3.05) is 26.3 Å². The Morgan fingerprint density at radius 1 is 0.900 bits per heavy atom. The zero-order valence-corrected chi connectivity index (χ0v) is 6.29. The largest absolute Gasteiger partial charge is 0.395 e. The molecule has 4 heteroatoms. The van der Waals surface area contributed by atoms with Crippen LogP contribution in [0.15, 0.2) is 13.2 Å². The zero-order chi connectivity index (χ0) is 8.83. The van der Waals surface area contributed by atoms with E-state index in [1.54, 1.807) is 0 Å². The van der Waals surface area contributed by atoms with Gasteiger partial charge < -0.3 is 21.7 Å². The standard InChI is InChI=1S/2C2H7NO.C2H4/c2*3-1-2-4;1-2/h2*4H,1-3H2;1-2H2. The number of aliphatic hydroxyl groups excluding tert-OH is 2. The Morgan fingerprint density at radius 3 is 1.00 bits per heavy atom. The molecule has 4 nitrogen and oxygen atoms in total. The van der Waals surface area contributed by atoms with Crippen LogP contribution in [0.5, 0.6) is 0 Å². The van der Waals surface area contributed by atoms with E-state index < -0.39 is 0 Å². The van der Waals surface area contributed by atoms with Crippen LogP contribution in [0.4, 0.5) is 0 Å². The minimum Gasteiger partial charge on any atom is -0.395 e. The van der Waals surface area contributed by atoms with Gasteiger partial charge in [0.05, 0.1) is 13.2 Å². The monoisotopic (exact) mass is 150 g/mol. The highest BCUT2D eigenvalue weighted by Gasteiger charge is 1.56. The Bertz CT molecular complexity index is 28.9. The van der Waals surface area contributed by atoms with Gasteiger partial charge in [0.15, 0.2) is 0 Å². The van der Waals surface area contributed by atoms with Crippen LogP contribution in [0.1, 0.15) is 0 Å². The second kappa shape index (κ2) is 38.5. The van der Waals surface area contributed by atoms with Crippen molar-refractivity contribution in [1.82, 2.24) is 0 Å². The lowest BCUT2D eigenvalue weighted by Crippen LogP contribution is -2.02. The minimum absolute atomic E-state index is 0.0972. The van der Waals surface area contributed by atoms with Crippen LogP contribution in [0.3, 0.4) is 0 Å². The summed E-state index contributed by atoms with van der Waals surface area (Å²) in [5.74, 6) is 0. The van der Waals surface area contributed by atoms with E-state index in [-0.39, 0.29) is 13.2 Å². The van der Waals surface area contributed by atoms with Crippen LogP contribution >= 0.6 is 0 Å². The molecule has 6 N–H and O–H groups in total. The molecule has 0 aliphatic heterocycles.